The van der Waals surface area contributed by atoms with E-state index >= 15 is 0 Å². The molecule has 0 aromatic heterocycles. The maximum Gasteiger partial charge on any atom is 0.123 e. The van der Waals surface area contributed by atoms with Gasteiger partial charge in [-0.15, -0.1) is 0 Å². The van der Waals surface area contributed by atoms with E-state index in [0.717, 1.165) is 18.1 Å². The summed E-state index contributed by atoms with van der Waals surface area (Å²) in [5.41, 5.74) is 0. The first-order valence-corrected chi connectivity index (χ1v) is 7.43. The maximum absolute atomic E-state index is 12.8. The number of benzene rings is 1. The highest BCUT2D eigenvalue weighted by molar-refractivity contribution is 5.22. The minimum atomic E-state index is -0.220. The molecule has 2 heteroatoms. The van der Waals surface area contributed by atoms with E-state index in [9.17, 15) is 4.39 Å². The average Bonchev–Trinajstić information content (AvgIpc) is 2.38. The van der Waals surface area contributed by atoms with Crippen molar-refractivity contribution < 1.29 is 9.13 Å². The summed E-state index contributed by atoms with van der Waals surface area (Å²) < 4.78 is 18.6. The Morgan fingerprint density at radius 3 is 2.16 bits per heavy atom. The molecule has 0 bridgehead atoms. The van der Waals surface area contributed by atoms with Gasteiger partial charge in [0.1, 0.15) is 11.6 Å². The fraction of sp³-hybridized carbons (Fsp3) is 0.647. The Balaban J connectivity index is 2.30. The molecule has 108 valence electrons. The summed E-state index contributed by atoms with van der Waals surface area (Å²) in [5.74, 6) is 2.02. The minimum Gasteiger partial charge on any atom is -0.491 e. The number of halogens is 1. The molecule has 1 nitrogen and oxygen atoms in total. The zero-order valence-corrected chi connectivity index (χ0v) is 12.7. The van der Waals surface area contributed by atoms with Gasteiger partial charge in [0, 0.05) is 0 Å². The molecule has 1 rings (SSSR count). The van der Waals surface area contributed by atoms with Crippen molar-refractivity contribution in [3.05, 3.63) is 30.1 Å². The fourth-order valence-electron chi connectivity index (χ4n) is 2.25. The molecule has 1 aromatic carbocycles. The van der Waals surface area contributed by atoms with Crippen molar-refractivity contribution in [1.29, 1.82) is 0 Å². The summed E-state index contributed by atoms with van der Waals surface area (Å²) in [7, 11) is 0. The molecule has 0 fully saturated rings. The summed E-state index contributed by atoms with van der Waals surface area (Å²) >= 11 is 0. The number of hydrogen-bond donors (Lipinski definition) is 0. The molecule has 3 unspecified atom stereocenters. The topological polar surface area (TPSA) is 9.23 Å². The summed E-state index contributed by atoms with van der Waals surface area (Å²) in [6.07, 6.45) is 5.03. The molecule has 0 aliphatic heterocycles. The quantitative estimate of drug-likeness (QED) is 0.608. The first-order valence-electron chi connectivity index (χ1n) is 7.43. The predicted octanol–water partition coefficient (Wildman–Crippen LogP) is 5.45. The molecular weight excluding hydrogens is 239 g/mol. The van der Waals surface area contributed by atoms with Gasteiger partial charge < -0.3 is 4.74 Å². The van der Waals surface area contributed by atoms with Crippen LogP contribution in [0.1, 0.15) is 53.4 Å². The van der Waals surface area contributed by atoms with Crippen molar-refractivity contribution in [1.82, 2.24) is 0 Å². The van der Waals surface area contributed by atoms with Crippen LogP contribution in [-0.2, 0) is 0 Å². The molecule has 0 N–H and O–H groups in total. The molecule has 0 saturated heterocycles. The van der Waals surface area contributed by atoms with Gasteiger partial charge in [0.2, 0.25) is 0 Å². The second-order valence-corrected chi connectivity index (χ2v) is 5.81. The van der Waals surface area contributed by atoms with Gasteiger partial charge in [0.05, 0.1) is 6.10 Å². The SMILES string of the molecule is CCC(C)CCC(C)CC(C)Oc1ccc(F)cc1. The van der Waals surface area contributed by atoms with Crippen molar-refractivity contribution in [3.63, 3.8) is 0 Å². The Morgan fingerprint density at radius 2 is 1.58 bits per heavy atom. The Morgan fingerprint density at radius 1 is 1.00 bits per heavy atom. The van der Waals surface area contributed by atoms with E-state index in [1.165, 1.54) is 31.4 Å². The molecule has 0 aliphatic carbocycles. The lowest BCUT2D eigenvalue weighted by Crippen LogP contribution is -2.16. The van der Waals surface area contributed by atoms with Crippen LogP contribution < -0.4 is 4.74 Å². The number of ether oxygens (including phenoxy) is 1. The van der Waals surface area contributed by atoms with Gasteiger partial charge in [-0.2, -0.15) is 0 Å². The minimum absolute atomic E-state index is 0.178. The number of hydrogen-bond acceptors (Lipinski definition) is 1. The summed E-state index contributed by atoms with van der Waals surface area (Å²) in [4.78, 5) is 0. The lowest BCUT2D eigenvalue weighted by molar-refractivity contribution is 0.183. The van der Waals surface area contributed by atoms with Gasteiger partial charge in [0.25, 0.3) is 0 Å². The van der Waals surface area contributed by atoms with Gasteiger partial charge in [-0.1, -0.05) is 40.0 Å². The molecule has 0 radical (unpaired) electrons. The highest BCUT2D eigenvalue weighted by atomic mass is 19.1. The van der Waals surface area contributed by atoms with E-state index in [2.05, 4.69) is 27.7 Å². The lowest BCUT2D eigenvalue weighted by atomic mass is 9.93. The second-order valence-electron chi connectivity index (χ2n) is 5.81. The van der Waals surface area contributed by atoms with Gasteiger partial charge in [-0.3, -0.25) is 0 Å². The molecule has 0 spiro atoms. The zero-order chi connectivity index (χ0) is 14.3. The van der Waals surface area contributed by atoms with Crippen molar-refractivity contribution in [2.45, 2.75) is 59.5 Å². The predicted molar refractivity (Wildman–Crippen MR) is 79.0 cm³/mol. The van der Waals surface area contributed by atoms with Gasteiger partial charge >= 0.3 is 0 Å². The molecule has 0 aliphatic rings. The highest BCUT2D eigenvalue weighted by Gasteiger charge is 2.11. The molecule has 0 heterocycles. The third-order valence-corrected chi connectivity index (χ3v) is 3.73. The van der Waals surface area contributed by atoms with Crippen LogP contribution in [0.3, 0.4) is 0 Å². The van der Waals surface area contributed by atoms with Crippen LogP contribution >= 0.6 is 0 Å². The zero-order valence-electron chi connectivity index (χ0n) is 12.7. The van der Waals surface area contributed by atoms with Crippen LogP contribution in [0, 0.1) is 17.7 Å². The molecule has 3 atom stereocenters. The van der Waals surface area contributed by atoms with Crippen LogP contribution in [0.25, 0.3) is 0 Å². The van der Waals surface area contributed by atoms with Crippen LogP contribution in [0.2, 0.25) is 0 Å². The Bertz CT molecular complexity index is 347. The molecule has 0 saturated carbocycles. The first-order chi connectivity index (χ1) is 9.01. The van der Waals surface area contributed by atoms with Gasteiger partial charge in [-0.05, 0) is 49.4 Å². The van der Waals surface area contributed by atoms with E-state index in [-0.39, 0.29) is 11.9 Å². The van der Waals surface area contributed by atoms with E-state index in [1.807, 2.05) is 0 Å². The molecule has 1 aromatic rings. The van der Waals surface area contributed by atoms with E-state index < -0.39 is 0 Å². The van der Waals surface area contributed by atoms with E-state index in [0.29, 0.717) is 5.92 Å². The second kappa shape index (κ2) is 8.19. The lowest BCUT2D eigenvalue weighted by Gasteiger charge is -2.20. The van der Waals surface area contributed by atoms with Crippen molar-refractivity contribution >= 4 is 0 Å². The van der Waals surface area contributed by atoms with Crippen molar-refractivity contribution in [2.24, 2.45) is 11.8 Å². The first kappa shape index (κ1) is 16.0. The normalized spacial score (nSPS) is 15.8. The fourth-order valence-corrected chi connectivity index (χ4v) is 2.25. The number of rotatable bonds is 8. The Labute approximate surface area is 117 Å². The Hall–Kier alpha value is -1.05. The van der Waals surface area contributed by atoms with Crippen molar-refractivity contribution in [3.8, 4) is 5.75 Å². The third-order valence-electron chi connectivity index (χ3n) is 3.73. The maximum atomic E-state index is 12.8. The molecule has 19 heavy (non-hydrogen) atoms. The van der Waals surface area contributed by atoms with Gasteiger partial charge in [0.15, 0.2) is 0 Å². The third kappa shape index (κ3) is 6.60. The highest BCUT2D eigenvalue weighted by Crippen LogP contribution is 2.21. The van der Waals surface area contributed by atoms with Crippen LogP contribution in [0.15, 0.2) is 24.3 Å². The van der Waals surface area contributed by atoms with Gasteiger partial charge in [-0.25, -0.2) is 4.39 Å². The van der Waals surface area contributed by atoms with Crippen molar-refractivity contribution in [2.75, 3.05) is 0 Å². The van der Waals surface area contributed by atoms with E-state index in [4.69, 9.17) is 4.74 Å². The monoisotopic (exact) mass is 266 g/mol. The van der Waals surface area contributed by atoms with Crippen LogP contribution in [-0.4, -0.2) is 6.10 Å². The summed E-state index contributed by atoms with van der Waals surface area (Å²) in [6, 6.07) is 6.26. The summed E-state index contributed by atoms with van der Waals surface area (Å²) in [5, 5.41) is 0. The standard InChI is InChI=1S/C17H27FO/c1-5-13(2)6-7-14(3)12-15(4)19-17-10-8-16(18)9-11-17/h8-11,13-15H,5-7,12H2,1-4H3. The molecular formula is C17H27FO. The van der Waals surface area contributed by atoms with Crippen LogP contribution in [0.4, 0.5) is 4.39 Å². The average molecular weight is 266 g/mol. The van der Waals surface area contributed by atoms with Crippen LogP contribution in [0.5, 0.6) is 5.75 Å². The van der Waals surface area contributed by atoms with E-state index in [1.54, 1.807) is 12.1 Å². The largest absolute Gasteiger partial charge is 0.491 e. The smallest absolute Gasteiger partial charge is 0.123 e. The Kier molecular flexibility index (Phi) is 6.90. The molecule has 0 amide bonds. The summed E-state index contributed by atoms with van der Waals surface area (Å²) in [6.45, 7) is 8.93.